The molecule has 2 aromatic rings. The zero-order valence-electron chi connectivity index (χ0n) is 13.1. The molecule has 0 atom stereocenters. The molecule has 0 aromatic heterocycles. The Morgan fingerprint density at radius 2 is 1.57 bits per heavy atom. The van der Waals surface area contributed by atoms with Crippen molar-refractivity contribution in [1.29, 1.82) is 0 Å². The molecule has 110 valence electrons. The summed E-state index contributed by atoms with van der Waals surface area (Å²) in [5.74, 6) is -0.0365. The summed E-state index contributed by atoms with van der Waals surface area (Å²) < 4.78 is 0. The number of rotatable bonds is 4. The predicted octanol–water partition coefficient (Wildman–Crippen LogP) is 3.97. The van der Waals surface area contributed by atoms with Gasteiger partial charge in [-0.1, -0.05) is 24.3 Å². The van der Waals surface area contributed by atoms with Crippen molar-refractivity contribution in [2.45, 2.75) is 27.7 Å². The zero-order chi connectivity index (χ0) is 15.4. The summed E-state index contributed by atoms with van der Waals surface area (Å²) in [6.45, 7) is 8.40. The van der Waals surface area contributed by atoms with Gasteiger partial charge >= 0.3 is 0 Å². The summed E-state index contributed by atoms with van der Waals surface area (Å²) in [6, 6.07) is 12.1. The zero-order valence-corrected chi connectivity index (χ0v) is 13.1. The van der Waals surface area contributed by atoms with Crippen LogP contribution in [-0.4, -0.2) is 12.5 Å². The SMILES string of the molecule is Cc1ccc(NCC(=O)Nc2c(C)cccc2C)cc1C. The van der Waals surface area contributed by atoms with Gasteiger partial charge in [0.25, 0.3) is 0 Å². The molecule has 3 heteroatoms. The molecule has 2 aromatic carbocycles. The van der Waals surface area contributed by atoms with Crippen LogP contribution in [0.3, 0.4) is 0 Å². The third kappa shape index (κ3) is 3.85. The van der Waals surface area contributed by atoms with Crippen LogP contribution in [0.5, 0.6) is 0 Å². The lowest BCUT2D eigenvalue weighted by Crippen LogP contribution is -2.22. The van der Waals surface area contributed by atoms with Crippen LogP contribution < -0.4 is 10.6 Å². The fourth-order valence-electron chi connectivity index (χ4n) is 2.23. The molecule has 0 spiro atoms. The van der Waals surface area contributed by atoms with Crippen LogP contribution in [0.4, 0.5) is 11.4 Å². The highest BCUT2D eigenvalue weighted by molar-refractivity contribution is 5.95. The number of nitrogens with one attached hydrogen (secondary N) is 2. The number of carbonyl (C=O) groups is 1. The van der Waals surface area contributed by atoms with Gasteiger partial charge in [-0.3, -0.25) is 4.79 Å². The normalized spacial score (nSPS) is 10.3. The lowest BCUT2D eigenvalue weighted by molar-refractivity contribution is -0.114. The highest BCUT2D eigenvalue weighted by atomic mass is 16.1. The predicted molar refractivity (Wildman–Crippen MR) is 89.0 cm³/mol. The van der Waals surface area contributed by atoms with Gasteiger partial charge in [0, 0.05) is 11.4 Å². The number of amides is 1. The first-order chi connectivity index (χ1) is 9.97. The van der Waals surface area contributed by atoms with E-state index in [0.717, 1.165) is 22.5 Å². The molecule has 2 N–H and O–H groups in total. The molecular formula is C18H22N2O. The molecule has 0 radical (unpaired) electrons. The molecule has 0 saturated heterocycles. The van der Waals surface area contributed by atoms with Crippen LogP contribution in [0, 0.1) is 27.7 Å². The number of anilines is 2. The van der Waals surface area contributed by atoms with Crippen LogP contribution >= 0.6 is 0 Å². The van der Waals surface area contributed by atoms with Crippen molar-refractivity contribution >= 4 is 17.3 Å². The third-order valence-corrected chi connectivity index (χ3v) is 3.71. The largest absolute Gasteiger partial charge is 0.376 e. The van der Waals surface area contributed by atoms with Gasteiger partial charge in [-0.05, 0) is 62.1 Å². The fraction of sp³-hybridized carbons (Fsp3) is 0.278. The maximum Gasteiger partial charge on any atom is 0.243 e. The highest BCUT2D eigenvalue weighted by Gasteiger charge is 2.07. The van der Waals surface area contributed by atoms with Gasteiger partial charge in [0.05, 0.1) is 6.54 Å². The van der Waals surface area contributed by atoms with Crippen LogP contribution in [-0.2, 0) is 4.79 Å². The quantitative estimate of drug-likeness (QED) is 0.891. The molecule has 0 fully saturated rings. The second-order valence-corrected chi connectivity index (χ2v) is 5.47. The van der Waals surface area contributed by atoms with Gasteiger partial charge in [0.1, 0.15) is 0 Å². The fourth-order valence-corrected chi connectivity index (χ4v) is 2.23. The average Bonchev–Trinajstić information content (AvgIpc) is 2.44. The van der Waals surface area contributed by atoms with Crippen molar-refractivity contribution in [2.75, 3.05) is 17.2 Å². The average molecular weight is 282 g/mol. The second-order valence-electron chi connectivity index (χ2n) is 5.47. The van der Waals surface area contributed by atoms with E-state index in [-0.39, 0.29) is 12.5 Å². The van der Waals surface area contributed by atoms with E-state index in [4.69, 9.17) is 0 Å². The number of carbonyl (C=O) groups excluding carboxylic acids is 1. The second kappa shape index (κ2) is 6.44. The molecule has 0 aliphatic heterocycles. The van der Waals surface area contributed by atoms with Gasteiger partial charge < -0.3 is 10.6 Å². The van der Waals surface area contributed by atoms with E-state index in [9.17, 15) is 4.79 Å². The van der Waals surface area contributed by atoms with E-state index in [1.165, 1.54) is 11.1 Å². The van der Waals surface area contributed by atoms with E-state index in [0.29, 0.717) is 0 Å². The Morgan fingerprint density at radius 1 is 0.905 bits per heavy atom. The van der Waals surface area contributed by atoms with Crippen molar-refractivity contribution in [3.05, 3.63) is 58.7 Å². The number of benzene rings is 2. The first-order valence-electron chi connectivity index (χ1n) is 7.14. The number of hydrogen-bond donors (Lipinski definition) is 2. The minimum atomic E-state index is -0.0365. The molecule has 0 heterocycles. The number of hydrogen-bond acceptors (Lipinski definition) is 2. The van der Waals surface area contributed by atoms with Gasteiger partial charge in [-0.15, -0.1) is 0 Å². The summed E-state index contributed by atoms with van der Waals surface area (Å²) in [5.41, 5.74) is 6.50. The lowest BCUT2D eigenvalue weighted by Gasteiger charge is -2.13. The molecule has 0 unspecified atom stereocenters. The van der Waals surface area contributed by atoms with Gasteiger partial charge in [-0.2, -0.15) is 0 Å². The van der Waals surface area contributed by atoms with Crippen molar-refractivity contribution in [1.82, 2.24) is 0 Å². The summed E-state index contributed by atoms with van der Waals surface area (Å²) in [4.78, 5) is 12.1. The summed E-state index contributed by atoms with van der Waals surface area (Å²) in [5, 5.41) is 6.13. The summed E-state index contributed by atoms with van der Waals surface area (Å²) >= 11 is 0. The highest BCUT2D eigenvalue weighted by Crippen LogP contribution is 2.19. The van der Waals surface area contributed by atoms with Crippen molar-refractivity contribution < 1.29 is 4.79 Å². The summed E-state index contributed by atoms with van der Waals surface area (Å²) in [6.07, 6.45) is 0. The smallest absolute Gasteiger partial charge is 0.243 e. The molecule has 0 aliphatic carbocycles. The topological polar surface area (TPSA) is 41.1 Å². The monoisotopic (exact) mass is 282 g/mol. The van der Waals surface area contributed by atoms with Crippen LogP contribution in [0.1, 0.15) is 22.3 Å². The maximum absolute atomic E-state index is 12.1. The molecule has 21 heavy (non-hydrogen) atoms. The molecule has 0 aliphatic rings. The Hall–Kier alpha value is -2.29. The van der Waals surface area contributed by atoms with E-state index in [2.05, 4.69) is 36.6 Å². The Bertz CT molecular complexity index is 642. The van der Waals surface area contributed by atoms with Crippen LogP contribution in [0.2, 0.25) is 0 Å². The standard InChI is InChI=1S/C18H22N2O/c1-12-8-9-16(10-15(12)4)19-11-17(21)20-18-13(2)6-5-7-14(18)3/h5-10,19H,11H2,1-4H3,(H,20,21). The van der Waals surface area contributed by atoms with Gasteiger partial charge in [0.15, 0.2) is 0 Å². The molecule has 0 bridgehead atoms. The van der Waals surface area contributed by atoms with E-state index in [1.54, 1.807) is 0 Å². The number of para-hydroxylation sites is 1. The molecule has 1 amide bonds. The Morgan fingerprint density at radius 3 is 2.19 bits per heavy atom. The lowest BCUT2D eigenvalue weighted by atomic mass is 10.1. The Kier molecular flexibility index (Phi) is 4.63. The van der Waals surface area contributed by atoms with Crippen molar-refractivity contribution in [3.63, 3.8) is 0 Å². The number of aryl methyl sites for hydroxylation is 4. The van der Waals surface area contributed by atoms with Crippen LogP contribution in [0.15, 0.2) is 36.4 Å². The van der Waals surface area contributed by atoms with Crippen molar-refractivity contribution in [2.24, 2.45) is 0 Å². The van der Waals surface area contributed by atoms with Crippen LogP contribution in [0.25, 0.3) is 0 Å². The van der Waals surface area contributed by atoms with E-state index < -0.39 is 0 Å². The Balaban J connectivity index is 1.97. The summed E-state index contributed by atoms with van der Waals surface area (Å²) in [7, 11) is 0. The van der Waals surface area contributed by atoms with E-state index in [1.807, 2.05) is 38.1 Å². The minimum Gasteiger partial charge on any atom is -0.376 e. The first-order valence-corrected chi connectivity index (χ1v) is 7.14. The maximum atomic E-state index is 12.1. The Labute approximate surface area is 126 Å². The van der Waals surface area contributed by atoms with Crippen molar-refractivity contribution in [3.8, 4) is 0 Å². The molecular weight excluding hydrogens is 260 g/mol. The van der Waals surface area contributed by atoms with Gasteiger partial charge in [0.2, 0.25) is 5.91 Å². The minimum absolute atomic E-state index is 0.0365. The molecule has 3 nitrogen and oxygen atoms in total. The first kappa shape index (κ1) is 15.1. The van der Waals surface area contributed by atoms with Gasteiger partial charge in [-0.25, -0.2) is 0 Å². The third-order valence-electron chi connectivity index (χ3n) is 3.71. The van der Waals surface area contributed by atoms with E-state index >= 15 is 0 Å². The molecule has 0 saturated carbocycles. The molecule has 2 rings (SSSR count).